The van der Waals surface area contributed by atoms with E-state index in [9.17, 15) is 19.1 Å². The normalized spacial score (nSPS) is 25.1. The van der Waals surface area contributed by atoms with Gasteiger partial charge in [0.25, 0.3) is 0 Å². The van der Waals surface area contributed by atoms with Crippen molar-refractivity contribution in [1.82, 2.24) is 14.7 Å². The first kappa shape index (κ1) is 25.3. The van der Waals surface area contributed by atoms with Crippen molar-refractivity contribution in [2.75, 3.05) is 32.7 Å². The lowest BCUT2D eigenvalue weighted by molar-refractivity contribution is -0.167. The zero-order valence-corrected chi connectivity index (χ0v) is 20.7. The van der Waals surface area contributed by atoms with Gasteiger partial charge in [-0.3, -0.25) is 14.5 Å². The molecule has 2 saturated heterocycles. The van der Waals surface area contributed by atoms with E-state index in [1.807, 2.05) is 50.2 Å². The van der Waals surface area contributed by atoms with Crippen molar-refractivity contribution in [3.8, 4) is 0 Å². The summed E-state index contributed by atoms with van der Waals surface area (Å²) in [4.78, 5) is 32.6. The highest BCUT2D eigenvalue weighted by molar-refractivity contribution is 5.85. The number of hydrogen-bond acceptors (Lipinski definition) is 4. The van der Waals surface area contributed by atoms with E-state index in [1.54, 1.807) is 15.9 Å². The highest BCUT2D eigenvalue weighted by Crippen LogP contribution is 2.46. The Balaban J connectivity index is 1.63. The number of benzene rings is 2. The zero-order chi connectivity index (χ0) is 25.0. The summed E-state index contributed by atoms with van der Waals surface area (Å²) in [5.74, 6) is -0.312. The lowest BCUT2D eigenvalue weighted by atomic mass is 9.69. The van der Waals surface area contributed by atoms with E-state index in [4.69, 9.17) is 0 Å². The van der Waals surface area contributed by atoms with Crippen molar-refractivity contribution in [3.63, 3.8) is 0 Å². The third kappa shape index (κ3) is 5.41. The van der Waals surface area contributed by atoms with Crippen molar-refractivity contribution >= 4 is 11.8 Å². The Labute approximate surface area is 207 Å². The summed E-state index contributed by atoms with van der Waals surface area (Å²) in [6.07, 6.45) is 1.04. The molecule has 2 amide bonds. The van der Waals surface area contributed by atoms with Crippen molar-refractivity contribution < 1.29 is 19.1 Å². The van der Waals surface area contributed by atoms with Gasteiger partial charge in [-0.15, -0.1) is 0 Å². The second-order valence-electron chi connectivity index (χ2n) is 9.85. The van der Waals surface area contributed by atoms with Crippen LogP contribution in [0.25, 0.3) is 0 Å². The van der Waals surface area contributed by atoms with Gasteiger partial charge < -0.3 is 14.9 Å². The Hall–Kier alpha value is -2.77. The summed E-state index contributed by atoms with van der Waals surface area (Å²) >= 11 is 0. The van der Waals surface area contributed by atoms with Gasteiger partial charge in [-0.25, -0.2) is 4.39 Å². The van der Waals surface area contributed by atoms with Crippen molar-refractivity contribution in [2.45, 2.75) is 51.8 Å². The monoisotopic (exact) mass is 481 g/mol. The van der Waals surface area contributed by atoms with Crippen LogP contribution in [0.5, 0.6) is 0 Å². The predicted octanol–water partition coefficient (Wildman–Crippen LogP) is 3.61. The van der Waals surface area contributed by atoms with E-state index in [0.717, 1.165) is 18.5 Å². The molecule has 0 radical (unpaired) electrons. The Bertz CT molecular complexity index is 1030. The first-order chi connectivity index (χ1) is 16.9. The van der Waals surface area contributed by atoms with Gasteiger partial charge in [-0.05, 0) is 62.9 Å². The Morgan fingerprint density at radius 2 is 1.89 bits per heavy atom. The third-order valence-corrected chi connectivity index (χ3v) is 7.53. The molecule has 35 heavy (non-hydrogen) atoms. The number of halogens is 1. The number of likely N-dealkylation sites (tertiary alicyclic amines) is 2. The van der Waals surface area contributed by atoms with Gasteiger partial charge in [-0.2, -0.15) is 0 Å². The van der Waals surface area contributed by atoms with Gasteiger partial charge in [0.2, 0.25) is 11.8 Å². The summed E-state index contributed by atoms with van der Waals surface area (Å²) in [6, 6.07) is 15.3. The van der Waals surface area contributed by atoms with Gasteiger partial charge in [0.1, 0.15) is 5.82 Å². The van der Waals surface area contributed by atoms with Gasteiger partial charge in [0.05, 0.1) is 24.1 Å². The molecule has 1 spiro atoms. The van der Waals surface area contributed by atoms with Crippen molar-refractivity contribution in [1.29, 1.82) is 0 Å². The molecule has 0 unspecified atom stereocenters. The highest BCUT2D eigenvalue weighted by atomic mass is 19.1. The summed E-state index contributed by atoms with van der Waals surface area (Å²) in [6.45, 7) is 6.94. The average Bonchev–Trinajstić information content (AvgIpc) is 2.84. The Kier molecular flexibility index (Phi) is 7.87. The standard InChI is InChI=1S/C28H36FN3O3/c1-3-31(4-2)25(34)19-30-15-9-14-28(20-30)17-24(33)26(22-11-6-5-7-12-22)32(27(28)35)18-21-10-8-13-23(29)16-21/h5-8,10-13,16,24,26,33H,3-4,9,14-15,17-20H2,1-2H3/t24-,26+,28+/m1/s1. The van der Waals surface area contributed by atoms with Crippen molar-refractivity contribution in [3.05, 3.63) is 71.5 Å². The van der Waals surface area contributed by atoms with Crippen LogP contribution in [0.1, 0.15) is 50.3 Å². The minimum Gasteiger partial charge on any atom is -0.391 e. The Morgan fingerprint density at radius 1 is 1.14 bits per heavy atom. The first-order valence-corrected chi connectivity index (χ1v) is 12.7. The van der Waals surface area contributed by atoms with Crippen LogP contribution < -0.4 is 0 Å². The summed E-state index contributed by atoms with van der Waals surface area (Å²) in [5.41, 5.74) is 0.789. The molecular weight excluding hydrogens is 445 g/mol. The van der Waals surface area contributed by atoms with Gasteiger partial charge in [0, 0.05) is 26.2 Å². The van der Waals surface area contributed by atoms with Crippen LogP contribution >= 0.6 is 0 Å². The molecular formula is C28H36FN3O3. The minimum absolute atomic E-state index is 0.0269. The molecule has 188 valence electrons. The molecule has 1 N–H and O–H groups in total. The fourth-order valence-corrected chi connectivity index (χ4v) is 5.86. The van der Waals surface area contributed by atoms with E-state index in [-0.39, 0.29) is 30.7 Å². The molecule has 2 aromatic rings. The average molecular weight is 482 g/mol. The molecule has 0 saturated carbocycles. The van der Waals surface area contributed by atoms with Crippen LogP contribution in [0.15, 0.2) is 54.6 Å². The lowest BCUT2D eigenvalue weighted by Crippen LogP contribution is -2.61. The minimum atomic E-state index is -0.764. The molecule has 3 atom stereocenters. The summed E-state index contributed by atoms with van der Waals surface area (Å²) < 4.78 is 14.0. The zero-order valence-electron chi connectivity index (χ0n) is 20.7. The van der Waals surface area contributed by atoms with Crippen LogP contribution in [0.3, 0.4) is 0 Å². The van der Waals surface area contributed by atoms with E-state index in [1.165, 1.54) is 12.1 Å². The van der Waals surface area contributed by atoms with E-state index in [2.05, 4.69) is 4.90 Å². The second kappa shape index (κ2) is 10.9. The Morgan fingerprint density at radius 3 is 2.57 bits per heavy atom. The van der Waals surface area contributed by atoms with Crippen molar-refractivity contribution in [2.24, 2.45) is 5.41 Å². The van der Waals surface area contributed by atoms with Gasteiger partial charge in [0.15, 0.2) is 0 Å². The van der Waals surface area contributed by atoms with Gasteiger partial charge >= 0.3 is 0 Å². The van der Waals surface area contributed by atoms with Crippen LogP contribution in [0, 0.1) is 11.2 Å². The molecule has 0 bridgehead atoms. The molecule has 7 heteroatoms. The molecule has 2 heterocycles. The van der Waals surface area contributed by atoms with E-state index < -0.39 is 17.6 Å². The molecule has 0 aromatic heterocycles. The number of aliphatic hydroxyl groups is 1. The van der Waals surface area contributed by atoms with E-state index >= 15 is 0 Å². The fraction of sp³-hybridized carbons (Fsp3) is 0.500. The number of carbonyl (C=O) groups is 2. The molecule has 2 aromatic carbocycles. The quantitative estimate of drug-likeness (QED) is 0.656. The smallest absolute Gasteiger partial charge is 0.236 e. The molecule has 6 nitrogen and oxygen atoms in total. The molecule has 0 aliphatic carbocycles. The summed E-state index contributed by atoms with van der Waals surface area (Å²) in [5, 5.41) is 11.4. The highest BCUT2D eigenvalue weighted by Gasteiger charge is 2.53. The molecule has 2 aliphatic rings. The fourth-order valence-electron chi connectivity index (χ4n) is 5.86. The van der Waals surface area contributed by atoms with Gasteiger partial charge in [-0.1, -0.05) is 42.5 Å². The van der Waals surface area contributed by atoms with Crippen LogP contribution in [0.2, 0.25) is 0 Å². The molecule has 4 rings (SSSR count). The maximum absolute atomic E-state index is 14.2. The molecule has 2 aliphatic heterocycles. The number of amides is 2. The molecule has 2 fully saturated rings. The number of rotatable bonds is 7. The van der Waals surface area contributed by atoms with Crippen LogP contribution in [-0.2, 0) is 16.1 Å². The maximum atomic E-state index is 14.2. The number of piperidine rings is 2. The van der Waals surface area contributed by atoms with Crippen LogP contribution in [0.4, 0.5) is 4.39 Å². The number of nitrogens with zero attached hydrogens (tertiary/aromatic N) is 3. The number of carbonyl (C=O) groups excluding carboxylic acids is 2. The second-order valence-corrected chi connectivity index (χ2v) is 9.85. The lowest BCUT2D eigenvalue weighted by Gasteiger charge is -2.52. The number of hydrogen-bond donors (Lipinski definition) is 1. The van der Waals surface area contributed by atoms with Crippen LogP contribution in [-0.4, -0.2) is 70.4 Å². The maximum Gasteiger partial charge on any atom is 0.236 e. The SMILES string of the molecule is CCN(CC)C(=O)CN1CCC[C@]2(C[C@@H](O)[C@H](c3ccccc3)N(Cc3cccc(F)c3)C2=O)C1. The first-order valence-electron chi connectivity index (χ1n) is 12.7. The number of likely N-dealkylation sites (N-methyl/N-ethyl adjacent to an activating group) is 1. The summed E-state index contributed by atoms with van der Waals surface area (Å²) in [7, 11) is 0. The predicted molar refractivity (Wildman–Crippen MR) is 133 cm³/mol. The third-order valence-electron chi connectivity index (χ3n) is 7.53. The topological polar surface area (TPSA) is 64.1 Å². The van der Waals surface area contributed by atoms with E-state index in [0.29, 0.717) is 38.0 Å². The number of aliphatic hydroxyl groups excluding tert-OH is 1. The largest absolute Gasteiger partial charge is 0.391 e.